The van der Waals surface area contributed by atoms with Gasteiger partial charge >= 0.3 is 18.1 Å². The Labute approximate surface area is 219 Å². The zero-order valence-corrected chi connectivity index (χ0v) is 21.0. The summed E-state index contributed by atoms with van der Waals surface area (Å²) in [7, 11) is 1.64. The third-order valence-electron chi connectivity index (χ3n) is 6.50. The number of tetrazole rings is 1. The van der Waals surface area contributed by atoms with E-state index in [0.717, 1.165) is 24.0 Å². The normalized spacial score (nSPS) is 19.3. The van der Waals surface area contributed by atoms with Crippen LogP contribution in [-0.4, -0.2) is 48.9 Å². The lowest BCUT2D eigenvalue weighted by Crippen LogP contribution is -2.48. The van der Waals surface area contributed by atoms with Gasteiger partial charge in [0.2, 0.25) is 5.82 Å². The van der Waals surface area contributed by atoms with E-state index in [2.05, 4.69) is 21.5 Å². The zero-order chi connectivity index (χ0) is 28.0. The monoisotopic (exact) mass is 554 g/mol. The van der Waals surface area contributed by atoms with Gasteiger partial charge in [0.25, 0.3) is 0 Å². The Balaban J connectivity index is 0.000000219. The maximum atomic E-state index is 14.7. The highest BCUT2D eigenvalue weighted by molar-refractivity contribution is 6.31. The zero-order valence-electron chi connectivity index (χ0n) is 20.2. The first kappa shape index (κ1) is 27.5. The van der Waals surface area contributed by atoms with E-state index in [1.54, 1.807) is 13.1 Å². The molecule has 0 bridgehead atoms. The highest BCUT2D eigenvalue weighted by Crippen LogP contribution is 2.40. The number of halogens is 5. The van der Waals surface area contributed by atoms with Gasteiger partial charge in [0, 0.05) is 10.6 Å². The second kappa shape index (κ2) is 9.62. The first-order chi connectivity index (χ1) is 17.6. The minimum absolute atomic E-state index is 0.0458. The second-order valence-corrected chi connectivity index (χ2v) is 9.98. The van der Waals surface area contributed by atoms with Gasteiger partial charge in [-0.05, 0) is 72.2 Å². The molecule has 1 heterocycles. The summed E-state index contributed by atoms with van der Waals surface area (Å²) in [6.45, 7) is 2.03. The fourth-order valence-electron chi connectivity index (χ4n) is 4.27. The van der Waals surface area contributed by atoms with E-state index in [0.29, 0.717) is 16.1 Å². The molecule has 9 nitrogen and oxygen atoms in total. The van der Waals surface area contributed by atoms with Crippen LogP contribution in [0.15, 0.2) is 30.3 Å². The van der Waals surface area contributed by atoms with Gasteiger partial charge in [-0.25, -0.2) is 9.18 Å². The smallest absolute Gasteiger partial charge is 0.471 e. The number of aromatic nitrogens is 4. The van der Waals surface area contributed by atoms with Crippen molar-refractivity contribution >= 4 is 23.5 Å². The van der Waals surface area contributed by atoms with Crippen LogP contribution in [0.5, 0.6) is 0 Å². The topological polar surface area (TPSA) is 136 Å². The minimum Gasteiger partial charge on any atom is -0.480 e. The lowest BCUT2D eigenvalue weighted by molar-refractivity contribution is -0.176. The predicted molar refractivity (Wildman–Crippen MR) is 128 cm³/mol. The van der Waals surface area contributed by atoms with Crippen molar-refractivity contribution in [2.45, 2.75) is 49.9 Å². The molecule has 1 amide bonds. The summed E-state index contributed by atoms with van der Waals surface area (Å²) in [6.07, 6.45) is -3.13. The fraction of sp³-hybridized carbons (Fsp3) is 0.375. The van der Waals surface area contributed by atoms with Crippen molar-refractivity contribution in [1.29, 1.82) is 0 Å². The Bertz CT molecular complexity index is 1420. The van der Waals surface area contributed by atoms with Crippen LogP contribution in [0.2, 0.25) is 5.02 Å². The number of fused-ring (bicyclic) bond motifs is 1. The van der Waals surface area contributed by atoms with Gasteiger partial charge < -0.3 is 16.2 Å². The molecule has 0 aliphatic heterocycles. The van der Waals surface area contributed by atoms with Crippen molar-refractivity contribution < 1.29 is 32.3 Å². The van der Waals surface area contributed by atoms with Crippen LogP contribution in [0.4, 0.5) is 17.6 Å². The molecular weight excluding hydrogens is 532 g/mol. The number of amides is 1. The number of alkyl halides is 3. The molecule has 1 atom stereocenters. The van der Waals surface area contributed by atoms with Crippen LogP contribution in [0.1, 0.15) is 37.3 Å². The molecule has 5 rings (SSSR count). The summed E-state index contributed by atoms with van der Waals surface area (Å²) in [5.41, 5.74) is 8.47. The van der Waals surface area contributed by atoms with Crippen molar-refractivity contribution in [3.05, 3.63) is 52.3 Å². The third-order valence-corrected chi connectivity index (χ3v) is 6.72. The maximum absolute atomic E-state index is 14.7. The van der Waals surface area contributed by atoms with Gasteiger partial charge in [-0.2, -0.15) is 18.0 Å². The molecule has 1 unspecified atom stereocenters. The van der Waals surface area contributed by atoms with Crippen molar-refractivity contribution in [2.75, 3.05) is 0 Å². The van der Waals surface area contributed by atoms with Gasteiger partial charge in [0.1, 0.15) is 11.4 Å². The summed E-state index contributed by atoms with van der Waals surface area (Å²) >= 11 is 6.11. The molecule has 1 saturated carbocycles. The van der Waals surface area contributed by atoms with Gasteiger partial charge in [0.05, 0.1) is 12.6 Å². The highest BCUT2D eigenvalue weighted by Gasteiger charge is 2.55. The molecule has 1 aromatic heterocycles. The van der Waals surface area contributed by atoms with E-state index in [9.17, 15) is 27.2 Å². The van der Waals surface area contributed by atoms with Crippen molar-refractivity contribution in [1.82, 2.24) is 25.5 Å². The molecule has 3 aromatic rings. The van der Waals surface area contributed by atoms with Gasteiger partial charge in [-0.1, -0.05) is 29.8 Å². The standard InChI is InChI=1S/C18H17ClFN5.C6H6F3NO3/c1-18(21)6-5-11-7-10(3-4-14(11)18)13-8-12(19)9-15(20)16(13)17-22-24-25(2)23-17;7-6(8,9)3(11)10-5(1-2-5)4(12)13/h3-4,7-9H,5-6,21H2,1-2H3;1-2H2,(H,10,11)(H,12,13). The Morgan fingerprint density at radius 1 is 1.18 bits per heavy atom. The van der Waals surface area contributed by atoms with Crippen LogP contribution < -0.4 is 11.1 Å². The molecule has 2 aliphatic rings. The van der Waals surface area contributed by atoms with E-state index in [-0.39, 0.29) is 24.2 Å². The fourth-order valence-corrected chi connectivity index (χ4v) is 4.48. The van der Waals surface area contributed by atoms with Crippen molar-refractivity contribution in [2.24, 2.45) is 12.8 Å². The van der Waals surface area contributed by atoms with Crippen molar-refractivity contribution in [3.63, 3.8) is 0 Å². The molecule has 0 spiro atoms. The Kier molecular flexibility index (Phi) is 6.95. The predicted octanol–water partition coefficient (Wildman–Crippen LogP) is 3.74. The van der Waals surface area contributed by atoms with Crippen LogP contribution in [-0.2, 0) is 28.6 Å². The number of rotatable bonds is 4. The van der Waals surface area contributed by atoms with Gasteiger partial charge in [-0.15, -0.1) is 10.2 Å². The molecule has 202 valence electrons. The lowest BCUT2D eigenvalue weighted by atomic mass is 9.92. The van der Waals surface area contributed by atoms with Crippen LogP contribution in [0.3, 0.4) is 0 Å². The lowest BCUT2D eigenvalue weighted by Gasteiger charge is -2.19. The van der Waals surface area contributed by atoms with Crippen LogP contribution in [0, 0.1) is 5.82 Å². The quantitative estimate of drug-likeness (QED) is 0.418. The van der Waals surface area contributed by atoms with Crippen molar-refractivity contribution in [3.8, 4) is 22.5 Å². The summed E-state index contributed by atoms with van der Waals surface area (Å²) in [5, 5.41) is 22.1. The summed E-state index contributed by atoms with van der Waals surface area (Å²) in [6, 6.07) is 9.01. The minimum atomic E-state index is -5.02. The number of aliphatic carboxylic acids is 1. The number of carbonyl (C=O) groups is 2. The van der Waals surface area contributed by atoms with Crippen LogP contribution in [0.25, 0.3) is 22.5 Å². The molecule has 0 radical (unpaired) electrons. The Hall–Kier alpha value is -3.58. The number of carboxylic acid groups (broad SMARTS) is 1. The summed E-state index contributed by atoms with van der Waals surface area (Å²) in [4.78, 5) is 22.0. The molecule has 2 aliphatic carbocycles. The Morgan fingerprint density at radius 2 is 1.87 bits per heavy atom. The Morgan fingerprint density at radius 3 is 2.42 bits per heavy atom. The number of nitrogens with one attached hydrogen (secondary N) is 1. The maximum Gasteiger partial charge on any atom is 0.471 e. The second-order valence-electron chi connectivity index (χ2n) is 9.54. The first-order valence-electron chi connectivity index (χ1n) is 11.4. The molecule has 14 heteroatoms. The molecule has 2 aromatic carbocycles. The summed E-state index contributed by atoms with van der Waals surface area (Å²) < 4.78 is 49.7. The number of nitrogens with zero attached hydrogens (tertiary/aromatic N) is 4. The highest BCUT2D eigenvalue weighted by atomic mass is 35.5. The number of carbonyl (C=O) groups excluding carboxylic acids is 1. The average Bonchev–Trinajstić information content (AvgIpc) is 3.38. The first-order valence-corrected chi connectivity index (χ1v) is 11.8. The van der Waals surface area contributed by atoms with E-state index in [1.165, 1.54) is 21.7 Å². The van der Waals surface area contributed by atoms with E-state index < -0.39 is 29.4 Å². The number of benzene rings is 2. The summed E-state index contributed by atoms with van der Waals surface area (Å²) in [5.74, 6) is -3.87. The average molecular weight is 555 g/mol. The molecular formula is C24H23ClF4N6O3. The molecule has 4 N–H and O–H groups in total. The van der Waals surface area contributed by atoms with Crippen LogP contribution >= 0.6 is 11.6 Å². The molecule has 0 saturated heterocycles. The third kappa shape index (κ3) is 5.48. The number of aryl methyl sites for hydroxylation is 2. The molecule has 38 heavy (non-hydrogen) atoms. The largest absolute Gasteiger partial charge is 0.480 e. The van der Waals surface area contributed by atoms with Gasteiger partial charge in [0.15, 0.2) is 0 Å². The van der Waals surface area contributed by atoms with E-state index in [4.69, 9.17) is 22.4 Å². The van der Waals surface area contributed by atoms with Gasteiger partial charge in [-0.3, -0.25) is 4.79 Å². The number of nitrogens with two attached hydrogens (primary N) is 1. The number of hydrogen-bond donors (Lipinski definition) is 3. The SMILES string of the molecule is Cn1nnc(-c2c(F)cc(Cl)cc2-c2ccc3c(c2)CCC3(C)N)n1.O=C(NC1(C(=O)O)CC1)C(F)(F)F. The molecule has 1 fully saturated rings. The number of hydrogen-bond acceptors (Lipinski definition) is 6. The van der Waals surface area contributed by atoms with E-state index >= 15 is 0 Å². The van der Waals surface area contributed by atoms with E-state index in [1.807, 2.05) is 19.1 Å². The number of carboxylic acids is 1.